The number of halogens is 1. The third-order valence-corrected chi connectivity index (χ3v) is 2.99. The van der Waals surface area contributed by atoms with E-state index in [1.807, 2.05) is 31.2 Å². The summed E-state index contributed by atoms with van der Waals surface area (Å²) in [6, 6.07) is 10.5. The number of ether oxygens (including phenoxy) is 1. The van der Waals surface area contributed by atoms with Gasteiger partial charge in [0.2, 0.25) is 0 Å². The highest BCUT2D eigenvalue weighted by Gasteiger charge is 2.13. The van der Waals surface area contributed by atoms with Crippen molar-refractivity contribution in [2.24, 2.45) is 0 Å². The maximum Gasteiger partial charge on any atom is 0.133 e. The zero-order valence-electron chi connectivity index (χ0n) is 11.3. The van der Waals surface area contributed by atoms with Crippen LogP contribution in [0.2, 0.25) is 0 Å². The van der Waals surface area contributed by atoms with E-state index in [1.54, 1.807) is 19.9 Å². The van der Waals surface area contributed by atoms with Gasteiger partial charge in [-0.05, 0) is 50.6 Å². The first kappa shape index (κ1) is 13.6. The summed E-state index contributed by atoms with van der Waals surface area (Å²) in [7, 11) is 0. The van der Waals surface area contributed by atoms with E-state index in [9.17, 15) is 9.50 Å². The van der Waals surface area contributed by atoms with Crippen molar-refractivity contribution in [2.75, 3.05) is 0 Å². The minimum Gasteiger partial charge on any atom is -0.457 e. The minimum atomic E-state index is -0.782. The van der Waals surface area contributed by atoms with Gasteiger partial charge >= 0.3 is 0 Å². The number of aliphatic hydroxyl groups excluding tert-OH is 1. The van der Waals surface area contributed by atoms with Gasteiger partial charge in [0, 0.05) is 5.56 Å². The van der Waals surface area contributed by atoms with Crippen LogP contribution in [0.25, 0.3) is 0 Å². The van der Waals surface area contributed by atoms with Crippen LogP contribution in [0.5, 0.6) is 11.5 Å². The highest BCUT2D eigenvalue weighted by molar-refractivity contribution is 5.42. The zero-order chi connectivity index (χ0) is 14.0. The molecule has 1 atom stereocenters. The summed E-state index contributed by atoms with van der Waals surface area (Å²) in [6.45, 7) is 5.25. The average Bonchev–Trinajstić information content (AvgIpc) is 2.36. The smallest absolute Gasteiger partial charge is 0.133 e. The van der Waals surface area contributed by atoms with Gasteiger partial charge in [-0.15, -0.1) is 0 Å². The molecule has 0 aliphatic rings. The van der Waals surface area contributed by atoms with E-state index in [-0.39, 0.29) is 5.82 Å². The van der Waals surface area contributed by atoms with Crippen molar-refractivity contribution in [1.29, 1.82) is 0 Å². The molecular weight excluding hydrogens is 243 g/mol. The molecular formula is C16H17FO2. The number of hydrogen-bond donors (Lipinski definition) is 1. The number of rotatable bonds is 3. The van der Waals surface area contributed by atoms with Crippen molar-refractivity contribution in [3.05, 3.63) is 58.9 Å². The second-order valence-corrected chi connectivity index (χ2v) is 4.73. The van der Waals surface area contributed by atoms with Crippen LogP contribution in [0.3, 0.4) is 0 Å². The van der Waals surface area contributed by atoms with Crippen LogP contribution in [0, 0.1) is 19.7 Å². The van der Waals surface area contributed by atoms with Crippen LogP contribution in [0.4, 0.5) is 4.39 Å². The average molecular weight is 260 g/mol. The molecule has 19 heavy (non-hydrogen) atoms. The molecule has 2 rings (SSSR count). The first-order valence-corrected chi connectivity index (χ1v) is 6.20. The molecule has 2 nitrogen and oxygen atoms in total. The lowest BCUT2D eigenvalue weighted by molar-refractivity contribution is 0.195. The first-order chi connectivity index (χ1) is 8.97. The zero-order valence-corrected chi connectivity index (χ0v) is 11.3. The van der Waals surface area contributed by atoms with Crippen molar-refractivity contribution < 1.29 is 14.2 Å². The maximum atomic E-state index is 13.5. The van der Waals surface area contributed by atoms with Crippen LogP contribution < -0.4 is 4.74 Å². The normalized spacial score (nSPS) is 12.3. The lowest BCUT2D eigenvalue weighted by Gasteiger charge is -2.14. The van der Waals surface area contributed by atoms with Crippen LogP contribution in [-0.2, 0) is 0 Å². The Bertz CT molecular complexity index is 574. The molecule has 0 aliphatic heterocycles. The Balaban J connectivity index is 2.38. The molecule has 0 saturated heterocycles. The van der Waals surface area contributed by atoms with Crippen LogP contribution in [0.1, 0.15) is 29.7 Å². The number of aryl methyl sites for hydroxylation is 2. The molecule has 1 unspecified atom stereocenters. The number of aliphatic hydroxyl groups is 1. The van der Waals surface area contributed by atoms with E-state index >= 15 is 0 Å². The lowest BCUT2D eigenvalue weighted by Crippen LogP contribution is -1.99. The SMILES string of the molecule is Cc1ccc(Oc2cc(C)c(F)cc2C(C)O)cc1. The predicted molar refractivity (Wildman–Crippen MR) is 73.0 cm³/mol. The number of benzene rings is 2. The summed E-state index contributed by atoms with van der Waals surface area (Å²) < 4.78 is 19.3. The van der Waals surface area contributed by atoms with Gasteiger partial charge in [-0.1, -0.05) is 17.7 Å². The Morgan fingerprint density at radius 3 is 2.32 bits per heavy atom. The topological polar surface area (TPSA) is 29.5 Å². The molecule has 0 radical (unpaired) electrons. The summed E-state index contributed by atoms with van der Waals surface area (Å²) in [5, 5.41) is 9.70. The van der Waals surface area contributed by atoms with E-state index in [1.165, 1.54) is 6.07 Å². The summed E-state index contributed by atoms with van der Waals surface area (Å²) in [6.07, 6.45) is -0.782. The van der Waals surface area contributed by atoms with E-state index < -0.39 is 6.10 Å². The first-order valence-electron chi connectivity index (χ1n) is 6.20. The van der Waals surface area contributed by atoms with E-state index in [0.29, 0.717) is 22.6 Å². The molecule has 0 heterocycles. The molecule has 0 aromatic heterocycles. The van der Waals surface area contributed by atoms with Gasteiger partial charge in [0.25, 0.3) is 0 Å². The van der Waals surface area contributed by atoms with Gasteiger partial charge in [0.05, 0.1) is 6.10 Å². The van der Waals surface area contributed by atoms with Crippen molar-refractivity contribution in [3.8, 4) is 11.5 Å². The van der Waals surface area contributed by atoms with Crippen LogP contribution >= 0.6 is 0 Å². The molecule has 1 N–H and O–H groups in total. The molecule has 3 heteroatoms. The van der Waals surface area contributed by atoms with Crippen LogP contribution in [-0.4, -0.2) is 5.11 Å². The van der Waals surface area contributed by atoms with Gasteiger partial charge in [-0.3, -0.25) is 0 Å². The summed E-state index contributed by atoms with van der Waals surface area (Å²) in [5.41, 5.74) is 2.08. The van der Waals surface area contributed by atoms with Crippen molar-refractivity contribution in [2.45, 2.75) is 26.9 Å². The monoisotopic (exact) mass is 260 g/mol. The summed E-state index contributed by atoms with van der Waals surface area (Å²) in [5.74, 6) is 0.809. The fraction of sp³-hybridized carbons (Fsp3) is 0.250. The van der Waals surface area contributed by atoms with Gasteiger partial charge in [-0.25, -0.2) is 4.39 Å². The molecule has 0 saturated carbocycles. The molecule has 0 spiro atoms. The molecule has 0 bridgehead atoms. The third-order valence-electron chi connectivity index (χ3n) is 2.99. The fourth-order valence-corrected chi connectivity index (χ4v) is 1.82. The minimum absolute atomic E-state index is 0.341. The molecule has 2 aromatic carbocycles. The molecule has 0 fully saturated rings. The van der Waals surface area contributed by atoms with Crippen molar-refractivity contribution >= 4 is 0 Å². The predicted octanol–water partition coefficient (Wildman–Crippen LogP) is 4.29. The van der Waals surface area contributed by atoms with Gasteiger partial charge in [-0.2, -0.15) is 0 Å². The largest absolute Gasteiger partial charge is 0.457 e. The Hall–Kier alpha value is -1.87. The second-order valence-electron chi connectivity index (χ2n) is 4.73. The highest BCUT2D eigenvalue weighted by atomic mass is 19.1. The van der Waals surface area contributed by atoms with Crippen molar-refractivity contribution in [1.82, 2.24) is 0 Å². The Labute approximate surface area is 112 Å². The van der Waals surface area contributed by atoms with E-state index in [2.05, 4.69) is 0 Å². The van der Waals surface area contributed by atoms with Crippen LogP contribution in [0.15, 0.2) is 36.4 Å². The Morgan fingerprint density at radius 2 is 1.74 bits per heavy atom. The second kappa shape index (κ2) is 5.41. The van der Waals surface area contributed by atoms with Gasteiger partial charge in [0.1, 0.15) is 17.3 Å². The highest BCUT2D eigenvalue weighted by Crippen LogP contribution is 2.32. The van der Waals surface area contributed by atoms with E-state index in [4.69, 9.17) is 4.74 Å². The summed E-state index contributed by atoms with van der Waals surface area (Å²) in [4.78, 5) is 0. The van der Waals surface area contributed by atoms with Gasteiger partial charge in [0.15, 0.2) is 0 Å². The lowest BCUT2D eigenvalue weighted by atomic mass is 10.1. The Morgan fingerprint density at radius 1 is 1.11 bits per heavy atom. The fourth-order valence-electron chi connectivity index (χ4n) is 1.82. The number of hydrogen-bond acceptors (Lipinski definition) is 2. The molecule has 0 amide bonds. The molecule has 2 aromatic rings. The quantitative estimate of drug-likeness (QED) is 0.892. The maximum absolute atomic E-state index is 13.5. The third kappa shape index (κ3) is 3.12. The van der Waals surface area contributed by atoms with Crippen molar-refractivity contribution in [3.63, 3.8) is 0 Å². The molecule has 0 aliphatic carbocycles. The summed E-state index contributed by atoms with van der Waals surface area (Å²) >= 11 is 0. The standard InChI is InChI=1S/C16H17FO2/c1-10-4-6-13(7-5-10)19-16-8-11(2)15(17)9-14(16)12(3)18/h4-9,12,18H,1-3H3. The van der Waals surface area contributed by atoms with E-state index in [0.717, 1.165) is 5.56 Å². The van der Waals surface area contributed by atoms with Gasteiger partial charge < -0.3 is 9.84 Å². The molecule has 100 valence electrons. The Kier molecular flexibility index (Phi) is 3.86.